The Morgan fingerprint density at radius 1 is 1.45 bits per heavy atom. The van der Waals surface area contributed by atoms with Gasteiger partial charge in [0.15, 0.2) is 0 Å². The minimum Gasteiger partial charge on any atom is -0.389 e. The summed E-state index contributed by atoms with van der Waals surface area (Å²) in [5.41, 5.74) is -0.778. The highest BCUT2D eigenvalue weighted by Crippen LogP contribution is 2.42. The van der Waals surface area contributed by atoms with Gasteiger partial charge in [-0.25, -0.2) is 4.98 Å². The summed E-state index contributed by atoms with van der Waals surface area (Å²) in [6.07, 6.45) is 9.09. The van der Waals surface area contributed by atoms with Crippen molar-refractivity contribution in [2.75, 3.05) is 0 Å². The van der Waals surface area contributed by atoms with E-state index in [1.165, 1.54) is 6.42 Å². The molecule has 1 aromatic heterocycles. The molecule has 110 valence electrons. The average molecular weight is 294 g/mol. The third-order valence-corrected chi connectivity index (χ3v) is 5.26. The number of nitrogens with zero attached hydrogens (tertiary/aromatic N) is 1. The van der Waals surface area contributed by atoms with Crippen LogP contribution in [0.15, 0.2) is 11.6 Å². The number of nitrogens with one attached hydrogen (secondary N) is 1. The molecule has 4 nitrogen and oxygen atoms in total. The van der Waals surface area contributed by atoms with Crippen molar-refractivity contribution in [1.29, 1.82) is 0 Å². The topological polar surface area (TPSA) is 62.2 Å². The summed E-state index contributed by atoms with van der Waals surface area (Å²) in [6.45, 7) is 0. The van der Waals surface area contributed by atoms with E-state index in [1.54, 1.807) is 17.5 Å². The Morgan fingerprint density at radius 3 is 2.80 bits per heavy atom. The van der Waals surface area contributed by atoms with E-state index in [4.69, 9.17) is 0 Å². The molecule has 3 rings (SSSR count). The van der Waals surface area contributed by atoms with Gasteiger partial charge in [0.2, 0.25) is 5.91 Å². The molecule has 2 aliphatic carbocycles. The molecule has 0 spiro atoms. The second-order valence-electron chi connectivity index (χ2n) is 6.21. The van der Waals surface area contributed by atoms with E-state index < -0.39 is 5.60 Å². The van der Waals surface area contributed by atoms with Crippen molar-refractivity contribution in [2.24, 2.45) is 5.92 Å². The molecule has 1 amide bonds. The number of rotatable bonds is 5. The standard InChI is InChI=1S/C15H22N2O2S/c18-12(10-15(19)6-2-1-3-7-15)17-13(11-4-5-11)14-16-8-9-20-14/h8-9,11,13,19H,1-7,10H2,(H,17,18). The molecule has 2 N–H and O–H groups in total. The highest BCUT2D eigenvalue weighted by Gasteiger charge is 2.37. The first-order chi connectivity index (χ1) is 9.66. The number of carbonyl (C=O) groups excluding carboxylic acids is 1. The first-order valence-corrected chi connectivity index (χ1v) is 8.45. The van der Waals surface area contributed by atoms with E-state index in [9.17, 15) is 9.90 Å². The monoisotopic (exact) mass is 294 g/mol. The van der Waals surface area contributed by atoms with E-state index in [1.807, 2.05) is 5.38 Å². The van der Waals surface area contributed by atoms with Gasteiger partial charge in [-0.05, 0) is 31.6 Å². The van der Waals surface area contributed by atoms with Crippen LogP contribution in [0.2, 0.25) is 0 Å². The highest BCUT2D eigenvalue weighted by molar-refractivity contribution is 7.09. The Labute approximate surface area is 123 Å². The van der Waals surface area contributed by atoms with Gasteiger partial charge in [-0.15, -0.1) is 11.3 Å². The van der Waals surface area contributed by atoms with Crippen molar-refractivity contribution in [3.63, 3.8) is 0 Å². The van der Waals surface area contributed by atoms with Crippen molar-refractivity contribution in [2.45, 2.75) is 63.0 Å². The second kappa shape index (κ2) is 5.82. The lowest BCUT2D eigenvalue weighted by Gasteiger charge is -2.32. The number of thiazole rings is 1. The molecule has 5 heteroatoms. The van der Waals surface area contributed by atoms with Crippen molar-refractivity contribution < 1.29 is 9.90 Å². The molecule has 1 aromatic rings. The van der Waals surface area contributed by atoms with Gasteiger partial charge < -0.3 is 10.4 Å². The predicted octanol–water partition coefficient (Wildman–Crippen LogP) is 2.80. The number of amides is 1. The van der Waals surface area contributed by atoms with Crippen LogP contribution in [0.1, 0.15) is 62.4 Å². The van der Waals surface area contributed by atoms with Crippen LogP contribution in [0.4, 0.5) is 0 Å². The molecule has 1 heterocycles. The van der Waals surface area contributed by atoms with Crippen LogP contribution in [-0.2, 0) is 4.79 Å². The fourth-order valence-electron chi connectivity index (χ4n) is 3.11. The number of aromatic nitrogens is 1. The van der Waals surface area contributed by atoms with Crippen LogP contribution in [0.5, 0.6) is 0 Å². The van der Waals surface area contributed by atoms with E-state index in [2.05, 4.69) is 10.3 Å². The molecule has 0 aromatic carbocycles. The maximum Gasteiger partial charge on any atom is 0.223 e. The summed E-state index contributed by atoms with van der Waals surface area (Å²) in [5, 5.41) is 16.5. The SMILES string of the molecule is O=C(CC1(O)CCCCC1)NC(c1nccs1)C1CC1. The molecule has 0 bridgehead atoms. The maximum absolute atomic E-state index is 12.3. The maximum atomic E-state index is 12.3. The highest BCUT2D eigenvalue weighted by atomic mass is 32.1. The van der Waals surface area contributed by atoms with Crippen molar-refractivity contribution in [3.05, 3.63) is 16.6 Å². The van der Waals surface area contributed by atoms with Gasteiger partial charge >= 0.3 is 0 Å². The number of aliphatic hydroxyl groups is 1. The lowest BCUT2D eigenvalue weighted by Crippen LogP contribution is -2.40. The Kier molecular flexibility index (Phi) is 4.08. The van der Waals surface area contributed by atoms with Crippen LogP contribution < -0.4 is 5.32 Å². The summed E-state index contributed by atoms with van der Waals surface area (Å²) in [7, 11) is 0. The number of hydrogen-bond acceptors (Lipinski definition) is 4. The average Bonchev–Trinajstić information content (AvgIpc) is 3.11. The van der Waals surface area contributed by atoms with Gasteiger partial charge in [-0.3, -0.25) is 4.79 Å². The van der Waals surface area contributed by atoms with Gasteiger partial charge in [-0.1, -0.05) is 19.3 Å². The van der Waals surface area contributed by atoms with Crippen molar-refractivity contribution in [1.82, 2.24) is 10.3 Å². The van der Waals surface area contributed by atoms with E-state index >= 15 is 0 Å². The fraction of sp³-hybridized carbons (Fsp3) is 0.733. The predicted molar refractivity (Wildman–Crippen MR) is 78.4 cm³/mol. The zero-order valence-corrected chi connectivity index (χ0v) is 12.5. The van der Waals surface area contributed by atoms with Crippen LogP contribution in [0, 0.1) is 5.92 Å². The largest absolute Gasteiger partial charge is 0.389 e. The second-order valence-corrected chi connectivity index (χ2v) is 7.14. The molecule has 2 saturated carbocycles. The molecular weight excluding hydrogens is 272 g/mol. The first-order valence-electron chi connectivity index (χ1n) is 7.57. The van der Waals surface area contributed by atoms with Crippen molar-refractivity contribution >= 4 is 17.2 Å². The summed E-state index contributed by atoms with van der Waals surface area (Å²) in [5.74, 6) is 0.507. The molecular formula is C15H22N2O2S. The van der Waals surface area contributed by atoms with Gasteiger partial charge in [0.05, 0.1) is 18.1 Å². The molecule has 20 heavy (non-hydrogen) atoms. The molecule has 1 atom stereocenters. The van der Waals surface area contributed by atoms with E-state index in [0.29, 0.717) is 5.92 Å². The Hall–Kier alpha value is -0.940. The summed E-state index contributed by atoms with van der Waals surface area (Å²) in [4.78, 5) is 16.6. The Balaban J connectivity index is 1.59. The summed E-state index contributed by atoms with van der Waals surface area (Å²) >= 11 is 1.60. The molecule has 2 fully saturated rings. The van der Waals surface area contributed by atoms with Gasteiger partial charge in [0, 0.05) is 11.6 Å². The summed E-state index contributed by atoms with van der Waals surface area (Å²) in [6, 6.07) is 0.0506. The minimum absolute atomic E-state index is 0.0264. The normalized spacial score (nSPS) is 23.2. The zero-order valence-electron chi connectivity index (χ0n) is 11.7. The summed E-state index contributed by atoms with van der Waals surface area (Å²) < 4.78 is 0. The molecule has 0 saturated heterocycles. The fourth-order valence-corrected chi connectivity index (χ4v) is 3.89. The van der Waals surface area contributed by atoms with Crippen LogP contribution >= 0.6 is 11.3 Å². The lowest BCUT2D eigenvalue weighted by molar-refractivity contribution is -0.128. The molecule has 1 unspecified atom stereocenters. The Morgan fingerprint density at radius 2 is 2.20 bits per heavy atom. The lowest BCUT2D eigenvalue weighted by atomic mass is 9.82. The number of hydrogen-bond donors (Lipinski definition) is 2. The first kappa shape index (κ1) is 14.0. The molecule has 0 radical (unpaired) electrons. The minimum atomic E-state index is -0.778. The molecule has 2 aliphatic rings. The van der Waals surface area contributed by atoms with Gasteiger partial charge in [0.1, 0.15) is 5.01 Å². The van der Waals surface area contributed by atoms with Gasteiger partial charge in [-0.2, -0.15) is 0 Å². The van der Waals surface area contributed by atoms with Gasteiger partial charge in [0.25, 0.3) is 0 Å². The van der Waals surface area contributed by atoms with E-state index in [-0.39, 0.29) is 18.4 Å². The van der Waals surface area contributed by atoms with Crippen LogP contribution in [0.25, 0.3) is 0 Å². The van der Waals surface area contributed by atoms with Crippen LogP contribution in [0.3, 0.4) is 0 Å². The third-order valence-electron chi connectivity index (χ3n) is 4.40. The quantitative estimate of drug-likeness (QED) is 0.878. The third kappa shape index (κ3) is 3.38. The van der Waals surface area contributed by atoms with E-state index in [0.717, 1.165) is 43.5 Å². The van der Waals surface area contributed by atoms with Crippen LogP contribution in [-0.4, -0.2) is 21.6 Å². The zero-order chi connectivity index (χ0) is 14.0. The molecule has 0 aliphatic heterocycles. The Bertz CT molecular complexity index is 450. The smallest absolute Gasteiger partial charge is 0.223 e. The van der Waals surface area contributed by atoms with Crippen molar-refractivity contribution in [3.8, 4) is 0 Å². The number of carbonyl (C=O) groups is 1.